The van der Waals surface area contributed by atoms with Gasteiger partial charge in [0.2, 0.25) is 0 Å². The van der Waals surface area contributed by atoms with Crippen LogP contribution in [0.3, 0.4) is 0 Å². The van der Waals surface area contributed by atoms with Gasteiger partial charge in [-0.1, -0.05) is 42.8 Å². The Hall–Kier alpha value is -3.03. The molecule has 3 rings (SSSR count). The average molecular weight is 473 g/mol. The first-order valence-electron chi connectivity index (χ1n) is 10.1. The van der Waals surface area contributed by atoms with Crippen LogP contribution in [0.5, 0.6) is 5.75 Å². The molecule has 1 atom stereocenters. The molecule has 0 aromatic heterocycles. The van der Waals surface area contributed by atoms with E-state index in [1.807, 2.05) is 38.1 Å². The smallest absolute Gasteiger partial charge is 0.265 e. The summed E-state index contributed by atoms with van der Waals surface area (Å²) in [5, 5.41) is 3.22. The van der Waals surface area contributed by atoms with Crippen LogP contribution in [0.2, 0.25) is 5.02 Å². The third-order valence-electron chi connectivity index (χ3n) is 4.88. The number of para-hydroxylation sites is 1. The highest BCUT2D eigenvalue weighted by Crippen LogP contribution is 2.24. The lowest BCUT2D eigenvalue weighted by molar-refractivity contribution is -0.122. The topological polar surface area (TPSA) is 84.5 Å². The van der Waals surface area contributed by atoms with Crippen LogP contribution in [0, 0.1) is 6.92 Å². The van der Waals surface area contributed by atoms with Crippen LogP contribution in [0.1, 0.15) is 25.0 Å². The van der Waals surface area contributed by atoms with Crippen molar-refractivity contribution in [3.8, 4) is 5.75 Å². The van der Waals surface area contributed by atoms with E-state index in [0.717, 1.165) is 17.5 Å². The van der Waals surface area contributed by atoms with E-state index in [9.17, 15) is 13.2 Å². The van der Waals surface area contributed by atoms with Gasteiger partial charge >= 0.3 is 0 Å². The summed E-state index contributed by atoms with van der Waals surface area (Å²) in [6.45, 7) is 5.52. The van der Waals surface area contributed by atoms with E-state index < -0.39 is 16.1 Å². The minimum atomic E-state index is -3.80. The van der Waals surface area contributed by atoms with Crippen LogP contribution in [-0.2, 0) is 21.2 Å². The lowest BCUT2D eigenvalue weighted by atomic mass is 10.1. The van der Waals surface area contributed by atoms with Crippen molar-refractivity contribution in [3.63, 3.8) is 0 Å². The van der Waals surface area contributed by atoms with E-state index in [2.05, 4.69) is 10.0 Å². The number of hydrogen-bond acceptors (Lipinski definition) is 4. The highest BCUT2D eigenvalue weighted by Gasteiger charge is 2.18. The first-order valence-corrected chi connectivity index (χ1v) is 12.0. The molecule has 3 aromatic carbocycles. The Labute approximate surface area is 193 Å². The predicted molar refractivity (Wildman–Crippen MR) is 128 cm³/mol. The van der Waals surface area contributed by atoms with Crippen molar-refractivity contribution in [2.75, 3.05) is 10.0 Å². The van der Waals surface area contributed by atoms with Gasteiger partial charge in [0.05, 0.1) is 10.6 Å². The Kier molecular flexibility index (Phi) is 7.43. The summed E-state index contributed by atoms with van der Waals surface area (Å²) in [6.07, 6.45) is 0.0718. The summed E-state index contributed by atoms with van der Waals surface area (Å²) in [4.78, 5) is 12.6. The van der Waals surface area contributed by atoms with Crippen molar-refractivity contribution >= 4 is 38.9 Å². The second-order valence-electron chi connectivity index (χ2n) is 7.30. The fraction of sp³-hybridized carbons (Fsp3) is 0.208. The first kappa shape index (κ1) is 23.6. The number of anilines is 2. The number of carbonyl (C=O) groups is 1. The Morgan fingerprint density at radius 2 is 1.69 bits per heavy atom. The van der Waals surface area contributed by atoms with E-state index >= 15 is 0 Å². The summed E-state index contributed by atoms with van der Waals surface area (Å²) < 4.78 is 33.6. The molecule has 0 heterocycles. The van der Waals surface area contributed by atoms with Crippen molar-refractivity contribution in [3.05, 3.63) is 82.9 Å². The fourth-order valence-electron chi connectivity index (χ4n) is 2.99. The van der Waals surface area contributed by atoms with Gasteiger partial charge < -0.3 is 10.1 Å². The number of benzene rings is 3. The van der Waals surface area contributed by atoms with Crippen molar-refractivity contribution in [2.24, 2.45) is 0 Å². The van der Waals surface area contributed by atoms with Crippen molar-refractivity contribution in [2.45, 2.75) is 38.2 Å². The van der Waals surface area contributed by atoms with Gasteiger partial charge in [-0.25, -0.2) is 8.42 Å². The summed E-state index contributed by atoms with van der Waals surface area (Å²) in [5.74, 6) is 0.334. The van der Waals surface area contributed by atoms with E-state index in [0.29, 0.717) is 22.1 Å². The molecule has 3 aromatic rings. The first-order chi connectivity index (χ1) is 15.2. The third-order valence-corrected chi connectivity index (χ3v) is 6.69. The average Bonchev–Trinajstić information content (AvgIpc) is 2.77. The van der Waals surface area contributed by atoms with Crippen LogP contribution < -0.4 is 14.8 Å². The van der Waals surface area contributed by atoms with Crippen LogP contribution in [0.15, 0.2) is 71.6 Å². The zero-order valence-corrected chi connectivity index (χ0v) is 19.6. The molecule has 0 spiro atoms. The Bertz CT molecular complexity index is 1210. The minimum absolute atomic E-state index is 0.0633. The van der Waals surface area contributed by atoms with Gasteiger partial charge in [0.25, 0.3) is 15.9 Å². The molecular formula is C24H25ClN2O4S. The maximum absolute atomic E-state index is 12.6. The van der Waals surface area contributed by atoms with E-state index in [4.69, 9.17) is 16.3 Å². The number of sulfonamides is 1. The SMILES string of the molecule is CCc1ccccc1O[C@H](C)C(=O)Nc1ccc(S(=O)(=O)Nc2ccc(C)c(Cl)c2)cc1. The zero-order valence-electron chi connectivity index (χ0n) is 18.1. The fourth-order valence-corrected chi connectivity index (χ4v) is 4.22. The van der Waals surface area contributed by atoms with Gasteiger partial charge in [0.1, 0.15) is 5.75 Å². The van der Waals surface area contributed by atoms with Crippen LogP contribution in [0.25, 0.3) is 0 Å². The molecule has 8 heteroatoms. The molecule has 0 bridgehead atoms. The second kappa shape index (κ2) is 10.1. The maximum atomic E-state index is 12.6. The molecule has 0 unspecified atom stereocenters. The molecule has 0 aliphatic rings. The number of carbonyl (C=O) groups excluding carboxylic acids is 1. The number of hydrogen-bond donors (Lipinski definition) is 2. The zero-order chi connectivity index (χ0) is 23.3. The number of aryl methyl sites for hydroxylation is 2. The molecule has 0 fully saturated rings. The minimum Gasteiger partial charge on any atom is -0.481 e. The number of rotatable bonds is 8. The van der Waals surface area contributed by atoms with Crippen LogP contribution in [-0.4, -0.2) is 20.4 Å². The van der Waals surface area contributed by atoms with Crippen molar-refractivity contribution in [1.29, 1.82) is 0 Å². The standard InChI is InChI=1S/C24H25ClN2O4S/c1-4-18-7-5-6-8-23(18)31-17(3)24(28)26-19-11-13-21(14-12-19)32(29,30)27-20-10-9-16(2)22(25)15-20/h5-15,17,27H,4H2,1-3H3,(H,26,28)/t17-/m1/s1. The molecule has 0 saturated carbocycles. The Balaban J connectivity index is 1.65. The van der Waals surface area contributed by atoms with E-state index in [-0.39, 0.29) is 10.8 Å². The molecular weight excluding hydrogens is 448 g/mol. The van der Waals surface area contributed by atoms with Gasteiger partial charge in [0.15, 0.2) is 6.10 Å². The quantitative estimate of drug-likeness (QED) is 0.458. The van der Waals surface area contributed by atoms with Crippen LogP contribution in [0.4, 0.5) is 11.4 Å². The molecule has 0 radical (unpaired) electrons. The monoisotopic (exact) mass is 472 g/mol. The molecule has 168 valence electrons. The molecule has 0 aliphatic carbocycles. The van der Waals surface area contributed by atoms with E-state index in [1.54, 1.807) is 25.1 Å². The maximum Gasteiger partial charge on any atom is 0.265 e. The molecule has 2 N–H and O–H groups in total. The number of amides is 1. The van der Waals surface area contributed by atoms with Crippen molar-refractivity contribution < 1.29 is 17.9 Å². The predicted octanol–water partition coefficient (Wildman–Crippen LogP) is 5.42. The largest absolute Gasteiger partial charge is 0.481 e. The normalized spacial score (nSPS) is 12.1. The molecule has 1 amide bonds. The summed E-state index contributed by atoms with van der Waals surface area (Å²) in [5.41, 5.74) is 2.71. The molecule has 6 nitrogen and oxygen atoms in total. The summed E-state index contributed by atoms with van der Waals surface area (Å²) >= 11 is 6.07. The number of nitrogens with one attached hydrogen (secondary N) is 2. The number of halogens is 1. The number of ether oxygens (including phenoxy) is 1. The van der Waals surface area contributed by atoms with Gasteiger partial charge in [0, 0.05) is 10.7 Å². The summed E-state index contributed by atoms with van der Waals surface area (Å²) in [6, 6.07) is 18.4. The third kappa shape index (κ3) is 5.81. The Morgan fingerprint density at radius 1 is 1.03 bits per heavy atom. The lowest BCUT2D eigenvalue weighted by Crippen LogP contribution is -2.30. The van der Waals surface area contributed by atoms with E-state index in [1.165, 1.54) is 24.3 Å². The van der Waals surface area contributed by atoms with Crippen molar-refractivity contribution in [1.82, 2.24) is 0 Å². The van der Waals surface area contributed by atoms with Crippen LogP contribution >= 0.6 is 11.6 Å². The van der Waals surface area contributed by atoms with Gasteiger partial charge in [-0.05, 0) is 73.9 Å². The molecule has 0 saturated heterocycles. The molecule has 0 aliphatic heterocycles. The van der Waals surface area contributed by atoms with Gasteiger partial charge in [-0.15, -0.1) is 0 Å². The lowest BCUT2D eigenvalue weighted by Gasteiger charge is -2.17. The highest BCUT2D eigenvalue weighted by molar-refractivity contribution is 7.92. The Morgan fingerprint density at radius 3 is 2.34 bits per heavy atom. The second-order valence-corrected chi connectivity index (χ2v) is 9.39. The van der Waals surface area contributed by atoms with Gasteiger partial charge in [-0.2, -0.15) is 0 Å². The molecule has 32 heavy (non-hydrogen) atoms. The highest BCUT2D eigenvalue weighted by atomic mass is 35.5. The summed E-state index contributed by atoms with van der Waals surface area (Å²) in [7, 11) is -3.80. The van der Waals surface area contributed by atoms with Gasteiger partial charge in [-0.3, -0.25) is 9.52 Å².